The molecule has 1 aromatic heterocycles. The maximum Gasteiger partial charge on any atom is 0.293 e. The van der Waals surface area contributed by atoms with Crippen molar-refractivity contribution in [1.29, 1.82) is 0 Å². The van der Waals surface area contributed by atoms with E-state index in [-0.39, 0.29) is 16.5 Å². The van der Waals surface area contributed by atoms with Gasteiger partial charge in [-0.15, -0.1) is 11.3 Å². The number of nitro groups is 1. The zero-order valence-electron chi connectivity index (χ0n) is 18.4. The van der Waals surface area contributed by atoms with Crippen molar-refractivity contribution < 1.29 is 13.3 Å². The standard InChI is InChI=1S/C21H29N5O4S2/c1-16-4-3-7-25(13-16)32(29,30)19-5-6-20(21(12-19)26(27)28)24-10-8-23(9-11-24)14-18-15-31-17(2)22-18/h5-6,12,15-16H,3-4,7-11,13-14H2,1-2H3. The van der Waals surface area contributed by atoms with E-state index >= 15 is 0 Å². The SMILES string of the molecule is Cc1nc(CN2CCN(c3ccc(S(=O)(=O)N4CCCC(C)C4)cc3[N+](=O)[O-])CC2)cs1. The molecule has 2 fully saturated rings. The van der Waals surface area contributed by atoms with Gasteiger partial charge in [0.15, 0.2) is 0 Å². The van der Waals surface area contributed by atoms with E-state index in [4.69, 9.17) is 0 Å². The molecule has 1 atom stereocenters. The van der Waals surface area contributed by atoms with Gasteiger partial charge in [0.2, 0.25) is 10.0 Å². The molecule has 2 aromatic rings. The smallest absolute Gasteiger partial charge is 0.293 e. The molecule has 0 radical (unpaired) electrons. The molecule has 1 unspecified atom stereocenters. The minimum Gasteiger partial charge on any atom is -0.363 e. The van der Waals surface area contributed by atoms with Gasteiger partial charge in [0.1, 0.15) is 5.69 Å². The molecule has 4 rings (SSSR count). The number of sulfonamides is 1. The zero-order chi connectivity index (χ0) is 22.9. The third kappa shape index (κ3) is 4.95. The Kier molecular flexibility index (Phi) is 6.80. The summed E-state index contributed by atoms with van der Waals surface area (Å²) in [6, 6.07) is 4.34. The average Bonchev–Trinajstić information content (AvgIpc) is 3.18. The van der Waals surface area contributed by atoms with Gasteiger partial charge < -0.3 is 4.90 Å². The van der Waals surface area contributed by atoms with Crippen LogP contribution in [0.3, 0.4) is 0 Å². The van der Waals surface area contributed by atoms with Gasteiger partial charge >= 0.3 is 0 Å². The fraction of sp³-hybridized carbons (Fsp3) is 0.571. The topological polar surface area (TPSA) is 99.9 Å². The zero-order valence-corrected chi connectivity index (χ0v) is 20.1. The molecule has 2 aliphatic heterocycles. The summed E-state index contributed by atoms with van der Waals surface area (Å²) in [7, 11) is -3.74. The summed E-state index contributed by atoms with van der Waals surface area (Å²) in [6.45, 7) is 8.51. The first-order chi connectivity index (χ1) is 15.2. The molecule has 0 N–H and O–H groups in total. The number of anilines is 1. The van der Waals surface area contributed by atoms with Gasteiger partial charge in [0, 0.05) is 57.3 Å². The lowest BCUT2D eigenvalue weighted by molar-refractivity contribution is -0.384. The van der Waals surface area contributed by atoms with Crippen LogP contribution in [0.5, 0.6) is 0 Å². The van der Waals surface area contributed by atoms with Crippen molar-refractivity contribution >= 4 is 32.7 Å². The molecule has 2 saturated heterocycles. The van der Waals surface area contributed by atoms with E-state index in [1.165, 1.54) is 16.4 Å². The van der Waals surface area contributed by atoms with Crippen molar-refractivity contribution in [2.45, 2.75) is 38.1 Å². The Morgan fingerprint density at radius 3 is 2.59 bits per heavy atom. The molecule has 3 heterocycles. The number of nitro benzene ring substituents is 1. The Bertz CT molecular complexity index is 1080. The van der Waals surface area contributed by atoms with Crippen LogP contribution in [0.25, 0.3) is 0 Å². The Morgan fingerprint density at radius 2 is 1.97 bits per heavy atom. The fourth-order valence-corrected chi connectivity index (χ4v) is 6.67. The van der Waals surface area contributed by atoms with Gasteiger partial charge in [0.25, 0.3) is 5.69 Å². The number of benzene rings is 1. The fourth-order valence-electron chi connectivity index (χ4n) is 4.45. The van der Waals surface area contributed by atoms with E-state index in [1.807, 2.05) is 18.7 Å². The molecule has 0 amide bonds. The number of piperidine rings is 1. The van der Waals surface area contributed by atoms with Crippen LogP contribution in [0.1, 0.15) is 30.5 Å². The van der Waals surface area contributed by atoms with Crippen LogP contribution < -0.4 is 4.90 Å². The van der Waals surface area contributed by atoms with Crippen LogP contribution in [0, 0.1) is 23.0 Å². The van der Waals surface area contributed by atoms with Crippen LogP contribution in [0.2, 0.25) is 0 Å². The number of aryl methyl sites for hydroxylation is 1. The second-order valence-corrected chi connectivity index (χ2v) is 11.6. The molecule has 0 spiro atoms. The van der Waals surface area contributed by atoms with Gasteiger partial charge in [-0.2, -0.15) is 4.31 Å². The predicted octanol–water partition coefficient (Wildman–Crippen LogP) is 3.10. The third-order valence-corrected chi connectivity index (χ3v) is 8.85. The Morgan fingerprint density at radius 1 is 1.22 bits per heavy atom. The number of aromatic nitrogens is 1. The van der Waals surface area contributed by atoms with Crippen molar-refractivity contribution in [3.63, 3.8) is 0 Å². The number of thiazole rings is 1. The average molecular weight is 480 g/mol. The molecule has 174 valence electrons. The summed E-state index contributed by atoms with van der Waals surface area (Å²) < 4.78 is 27.6. The van der Waals surface area contributed by atoms with Gasteiger partial charge in [0.05, 0.1) is 20.5 Å². The molecule has 2 aliphatic rings. The van der Waals surface area contributed by atoms with E-state index in [2.05, 4.69) is 15.3 Å². The molecule has 9 nitrogen and oxygen atoms in total. The second-order valence-electron chi connectivity index (χ2n) is 8.64. The highest BCUT2D eigenvalue weighted by atomic mass is 32.2. The first-order valence-corrected chi connectivity index (χ1v) is 13.2. The van der Waals surface area contributed by atoms with Crippen LogP contribution >= 0.6 is 11.3 Å². The summed E-state index contributed by atoms with van der Waals surface area (Å²) in [5, 5.41) is 14.9. The largest absolute Gasteiger partial charge is 0.363 e. The lowest BCUT2D eigenvalue weighted by atomic mass is 10.0. The summed E-state index contributed by atoms with van der Waals surface area (Å²) in [5.41, 5.74) is 1.37. The van der Waals surface area contributed by atoms with Crippen molar-refractivity contribution in [3.8, 4) is 0 Å². The quantitative estimate of drug-likeness (QED) is 0.464. The summed E-state index contributed by atoms with van der Waals surface area (Å²) >= 11 is 1.63. The molecule has 32 heavy (non-hydrogen) atoms. The van der Waals surface area contributed by atoms with Gasteiger partial charge in [-0.3, -0.25) is 15.0 Å². The normalized spacial score (nSPS) is 21.1. The third-order valence-electron chi connectivity index (χ3n) is 6.17. The molecule has 11 heteroatoms. The molecule has 0 saturated carbocycles. The molecular weight excluding hydrogens is 450 g/mol. The highest BCUT2D eigenvalue weighted by Crippen LogP contribution is 2.33. The maximum atomic E-state index is 13.1. The van der Waals surface area contributed by atoms with Crippen LogP contribution in [0.15, 0.2) is 28.5 Å². The highest BCUT2D eigenvalue weighted by molar-refractivity contribution is 7.89. The first kappa shape index (κ1) is 23.1. The lowest BCUT2D eigenvalue weighted by Crippen LogP contribution is -2.46. The number of hydrogen-bond donors (Lipinski definition) is 0. The van der Waals surface area contributed by atoms with Crippen molar-refractivity contribution in [2.24, 2.45) is 5.92 Å². The number of piperazine rings is 1. The van der Waals surface area contributed by atoms with E-state index < -0.39 is 14.9 Å². The van der Waals surface area contributed by atoms with E-state index in [0.717, 1.165) is 43.2 Å². The van der Waals surface area contributed by atoms with E-state index in [0.29, 0.717) is 31.9 Å². The summed E-state index contributed by atoms with van der Waals surface area (Å²) in [5.74, 6) is 0.289. The minimum absolute atomic E-state index is 0.000382. The maximum absolute atomic E-state index is 13.1. The highest BCUT2D eigenvalue weighted by Gasteiger charge is 2.32. The minimum atomic E-state index is -3.74. The Labute approximate surface area is 192 Å². The van der Waals surface area contributed by atoms with Crippen LogP contribution in [0.4, 0.5) is 11.4 Å². The monoisotopic (exact) mass is 479 g/mol. The van der Waals surface area contributed by atoms with Gasteiger partial charge in [-0.25, -0.2) is 13.4 Å². The number of hydrogen-bond acceptors (Lipinski definition) is 8. The second kappa shape index (κ2) is 9.42. The Balaban J connectivity index is 1.49. The number of rotatable bonds is 6. The van der Waals surface area contributed by atoms with Gasteiger partial charge in [-0.05, 0) is 37.8 Å². The van der Waals surface area contributed by atoms with Crippen molar-refractivity contribution in [3.05, 3.63) is 44.4 Å². The lowest BCUT2D eigenvalue weighted by Gasteiger charge is -2.35. The molecule has 0 bridgehead atoms. The van der Waals surface area contributed by atoms with E-state index in [1.54, 1.807) is 17.4 Å². The van der Waals surface area contributed by atoms with Crippen LogP contribution in [-0.4, -0.2) is 66.8 Å². The van der Waals surface area contributed by atoms with Gasteiger partial charge in [-0.1, -0.05) is 6.92 Å². The van der Waals surface area contributed by atoms with Crippen molar-refractivity contribution in [2.75, 3.05) is 44.2 Å². The summed E-state index contributed by atoms with van der Waals surface area (Å²) in [6.07, 6.45) is 1.81. The summed E-state index contributed by atoms with van der Waals surface area (Å²) in [4.78, 5) is 20.1. The predicted molar refractivity (Wildman–Crippen MR) is 125 cm³/mol. The Hall–Kier alpha value is -2.08. The molecular formula is C21H29N5O4S2. The number of nitrogens with zero attached hydrogens (tertiary/aromatic N) is 5. The first-order valence-electron chi connectivity index (χ1n) is 10.9. The molecule has 0 aliphatic carbocycles. The molecule has 1 aromatic carbocycles. The van der Waals surface area contributed by atoms with Crippen molar-refractivity contribution in [1.82, 2.24) is 14.2 Å². The van der Waals surface area contributed by atoms with E-state index in [9.17, 15) is 18.5 Å². The van der Waals surface area contributed by atoms with Crippen LogP contribution in [-0.2, 0) is 16.6 Å².